The van der Waals surface area contributed by atoms with Crippen LogP contribution in [0.5, 0.6) is 0 Å². The predicted octanol–water partition coefficient (Wildman–Crippen LogP) is 2.21. The molecule has 14 heavy (non-hydrogen) atoms. The molecule has 0 saturated carbocycles. The van der Waals surface area contributed by atoms with Gasteiger partial charge in [0.15, 0.2) is 0 Å². The Bertz CT molecular complexity index is 308. The van der Waals surface area contributed by atoms with Gasteiger partial charge < -0.3 is 10.2 Å². The Kier molecular flexibility index (Phi) is 3.86. The van der Waals surface area contributed by atoms with Crippen LogP contribution >= 0.6 is 15.9 Å². The van der Waals surface area contributed by atoms with E-state index >= 15 is 0 Å². The van der Waals surface area contributed by atoms with Gasteiger partial charge in [-0.15, -0.1) is 6.58 Å². The van der Waals surface area contributed by atoms with E-state index in [4.69, 9.17) is 5.11 Å². The highest BCUT2D eigenvalue weighted by Crippen LogP contribution is 2.26. The van der Waals surface area contributed by atoms with Gasteiger partial charge in [0.2, 0.25) is 0 Å². The smallest absolute Gasteiger partial charge is 0.116 e. The fourth-order valence-electron chi connectivity index (χ4n) is 1.27. The lowest BCUT2D eigenvalue weighted by Crippen LogP contribution is -2.29. The van der Waals surface area contributed by atoms with Gasteiger partial charge >= 0.3 is 0 Å². The zero-order valence-corrected chi connectivity index (χ0v) is 9.37. The van der Waals surface area contributed by atoms with Crippen molar-refractivity contribution in [2.75, 3.05) is 6.61 Å². The van der Waals surface area contributed by atoms with Crippen LogP contribution in [0.25, 0.3) is 0 Å². The van der Waals surface area contributed by atoms with E-state index in [1.165, 1.54) is 0 Å². The van der Waals surface area contributed by atoms with E-state index in [1.54, 1.807) is 18.2 Å². The molecule has 0 amide bonds. The van der Waals surface area contributed by atoms with E-state index in [2.05, 4.69) is 22.5 Å². The Balaban J connectivity index is 2.99. The molecule has 0 aromatic heterocycles. The molecule has 0 radical (unpaired) electrons. The largest absolute Gasteiger partial charge is 0.393 e. The van der Waals surface area contributed by atoms with Crippen molar-refractivity contribution < 1.29 is 10.2 Å². The number of hydrogen-bond acceptors (Lipinski definition) is 2. The summed E-state index contributed by atoms with van der Waals surface area (Å²) < 4.78 is 0.945. The average molecular weight is 257 g/mol. The third kappa shape index (κ3) is 2.44. The first-order chi connectivity index (χ1) is 6.62. The van der Waals surface area contributed by atoms with Crippen molar-refractivity contribution in [1.82, 2.24) is 0 Å². The molecule has 0 fully saturated rings. The van der Waals surface area contributed by atoms with Gasteiger partial charge in [0.25, 0.3) is 0 Å². The maximum Gasteiger partial charge on any atom is 0.116 e. The molecular weight excluding hydrogens is 244 g/mol. The van der Waals surface area contributed by atoms with Crippen LogP contribution in [0.2, 0.25) is 0 Å². The molecule has 0 aliphatic carbocycles. The molecule has 76 valence electrons. The third-order valence-corrected chi connectivity index (χ3v) is 2.65. The van der Waals surface area contributed by atoms with E-state index in [-0.39, 0.29) is 6.61 Å². The second-order valence-corrected chi connectivity index (χ2v) is 4.11. The Morgan fingerprint density at radius 1 is 1.36 bits per heavy atom. The molecule has 1 aromatic rings. The molecule has 1 atom stereocenters. The Morgan fingerprint density at radius 2 is 1.93 bits per heavy atom. The average Bonchev–Trinajstić information content (AvgIpc) is 2.19. The molecule has 0 aliphatic heterocycles. The Morgan fingerprint density at radius 3 is 2.36 bits per heavy atom. The van der Waals surface area contributed by atoms with Crippen LogP contribution in [-0.2, 0) is 5.60 Å². The van der Waals surface area contributed by atoms with Crippen LogP contribution < -0.4 is 0 Å². The second kappa shape index (κ2) is 4.73. The summed E-state index contributed by atoms with van der Waals surface area (Å²) in [7, 11) is 0. The number of rotatable bonds is 4. The van der Waals surface area contributed by atoms with Gasteiger partial charge in [-0.2, -0.15) is 0 Å². The van der Waals surface area contributed by atoms with Gasteiger partial charge in [0.05, 0.1) is 6.61 Å². The Hall–Kier alpha value is -0.640. The molecule has 0 heterocycles. The highest BCUT2D eigenvalue weighted by atomic mass is 79.9. The highest BCUT2D eigenvalue weighted by Gasteiger charge is 2.26. The summed E-state index contributed by atoms with van der Waals surface area (Å²) in [6, 6.07) is 7.23. The minimum atomic E-state index is -1.21. The van der Waals surface area contributed by atoms with Gasteiger partial charge in [0.1, 0.15) is 5.60 Å². The summed E-state index contributed by atoms with van der Waals surface area (Å²) in [5, 5.41) is 19.2. The van der Waals surface area contributed by atoms with Crippen molar-refractivity contribution in [2.24, 2.45) is 0 Å². The van der Waals surface area contributed by atoms with Crippen LogP contribution in [0.1, 0.15) is 12.0 Å². The molecule has 0 spiro atoms. The van der Waals surface area contributed by atoms with E-state index in [9.17, 15) is 5.11 Å². The van der Waals surface area contributed by atoms with Gasteiger partial charge in [-0.25, -0.2) is 0 Å². The quantitative estimate of drug-likeness (QED) is 0.812. The van der Waals surface area contributed by atoms with Crippen molar-refractivity contribution in [3.8, 4) is 0 Å². The number of halogens is 1. The first-order valence-electron chi connectivity index (χ1n) is 4.32. The summed E-state index contributed by atoms with van der Waals surface area (Å²) in [5.41, 5.74) is -0.509. The molecule has 1 unspecified atom stereocenters. The zero-order valence-electron chi connectivity index (χ0n) is 7.78. The predicted molar refractivity (Wildman–Crippen MR) is 59.9 cm³/mol. The van der Waals surface area contributed by atoms with Gasteiger partial charge in [0, 0.05) is 10.9 Å². The second-order valence-electron chi connectivity index (χ2n) is 3.19. The minimum Gasteiger partial charge on any atom is -0.393 e. The summed E-state index contributed by atoms with van der Waals surface area (Å²) in [6.45, 7) is 3.25. The van der Waals surface area contributed by atoms with Crippen molar-refractivity contribution in [3.63, 3.8) is 0 Å². The summed E-state index contributed by atoms with van der Waals surface area (Å²) in [6.07, 6.45) is 1.93. The molecule has 1 aromatic carbocycles. The van der Waals surface area contributed by atoms with E-state index < -0.39 is 5.60 Å². The summed E-state index contributed by atoms with van der Waals surface area (Å²) in [4.78, 5) is 0. The lowest BCUT2D eigenvalue weighted by atomic mass is 9.91. The molecule has 3 heteroatoms. The standard InChI is InChI=1S/C11H13BrO2/c1-2-7-11(14,8-13)9-3-5-10(12)6-4-9/h2-6,13-14H,1,7-8H2. The van der Waals surface area contributed by atoms with Crippen LogP contribution in [0.4, 0.5) is 0 Å². The highest BCUT2D eigenvalue weighted by molar-refractivity contribution is 9.10. The third-order valence-electron chi connectivity index (χ3n) is 2.13. The lowest BCUT2D eigenvalue weighted by Gasteiger charge is -2.24. The van der Waals surface area contributed by atoms with Crippen LogP contribution in [0.15, 0.2) is 41.4 Å². The van der Waals surface area contributed by atoms with Crippen molar-refractivity contribution in [1.29, 1.82) is 0 Å². The SMILES string of the molecule is C=CCC(O)(CO)c1ccc(Br)cc1. The molecule has 0 aliphatic rings. The van der Waals surface area contributed by atoms with E-state index in [0.717, 1.165) is 4.47 Å². The van der Waals surface area contributed by atoms with Crippen LogP contribution in [0.3, 0.4) is 0 Å². The van der Waals surface area contributed by atoms with Gasteiger partial charge in [-0.05, 0) is 17.7 Å². The number of aliphatic hydroxyl groups is 2. The fourth-order valence-corrected chi connectivity index (χ4v) is 1.54. The van der Waals surface area contributed by atoms with E-state index in [1.807, 2.05) is 12.1 Å². The summed E-state index contributed by atoms with van der Waals surface area (Å²) in [5.74, 6) is 0. The maximum atomic E-state index is 10.0. The molecule has 0 saturated heterocycles. The normalized spacial score (nSPS) is 14.8. The fraction of sp³-hybridized carbons (Fsp3) is 0.273. The maximum absolute atomic E-state index is 10.0. The molecule has 1 rings (SSSR count). The molecule has 2 N–H and O–H groups in total. The molecule has 2 nitrogen and oxygen atoms in total. The monoisotopic (exact) mass is 256 g/mol. The number of aliphatic hydroxyl groups excluding tert-OH is 1. The van der Waals surface area contributed by atoms with Crippen molar-refractivity contribution in [3.05, 3.63) is 47.0 Å². The van der Waals surface area contributed by atoms with Crippen LogP contribution in [-0.4, -0.2) is 16.8 Å². The topological polar surface area (TPSA) is 40.5 Å². The van der Waals surface area contributed by atoms with E-state index in [0.29, 0.717) is 12.0 Å². The first kappa shape index (κ1) is 11.4. The number of benzene rings is 1. The van der Waals surface area contributed by atoms with Crippen molar-refractivity contribution >= 4 is 15.9 Å². The Labute approximate surface area is 92.0 Å². The van der Waals surface area contributed by atoms with Crippen LogP contribution in [0, 0.1) is 0 Å². The number of hydrogen-bond donors (Lipinski definition) is 2. The van der Waals surface area contributed by atoms with Gasteiger partial charge in [-0.3, -0.25) is 0 Å². The first-order valence-corrected chi connectivity index (χ1v) is 5.12. The summed E-state index contributed by atoms with van der Waals surface area (Å²) >= 11 is 3.31. The lowest BCUT2D eigenvalue weighted by molar-refractivity contribution is -0.0164. The molecular formula is C11H13BrO2. The minimum absolute atomic E-state index is 0.305. The molecule has 0 bridgehead atoms. The van der Waals surface area contributed by atoms with Gasteiger partial charge in [-0.1, -0.05) is 34.1 Å². The van der Waals surface area contributed by atoms with Crippen molar-refractivity contribution in [2.45, 2.75) is 12.0 Å². The zero-order chi connectivity index (χ0) is 10.6.